The molecule has 0 aliphatic heterocycles. The highest BCUT2D eigenvalue weighted by Gasteiger charge is 2.33. The van der Waals surface area contributed by atoms with E-state index in [9.17, 15) is 0 Å². The van der Waals surface area contributed by atoms with Crippen LogP contribution >= 0.6 is 22.6 Å². The molecule has 1 saturated carbocycles. The molecule has 0 aromatic carbocycles. The predicted octanol–water partition coefficient (Wildman–Crippen LogP) is 4.17. The van der Waals surface area contributed by atoms with Crippen LogP contribution in [0.2, 0.25) is 0 Å². The normalized spacial score (nSPS) is 28.9. The summed E-state index contributed by atoms with van der Waals surface area (Å²) in [6.45, 7) is 2.28. The van der Waals surface area contributed by atoms with Crippen LogP contribution in [0.3, 0.4) is 0 Å². The molecule has 0 spiro atoms. The van der Waals surface area contributed by atoms with Gasteiger partial charge in [-0.2, -0.15) is 0 Å². The Labute approximate surface area is 84.3 Å². The first-order chi connectivity index (χ1) is 5.34. The van der Waals surface area contributed by atoms with Gasteiger partial charge >= 0.3 is 0 Å². The van der Waals surface area contributed by atoms with Crippen LogP contribution < -0.4 is 0 Å². The van der Waals surface area contributed by atoms with Gasteiger partial charge < -0.3 is 0 Å². The molecule has 1 fully saturated rings. The summed E-state index contributed by atoms with van der Waals surface area (Å²) in [4.78, 5) is 0. The molecule has 11 heavy (non-hydrogen) atoms. The summed E-state index contributed by atoms with van der Waals surface area (Å²) < 4.78 is 1.04. The molecule has 0 saturated heterocycles. The second-order valence-electron chi connectivity index (χ2n) is 3.71. The van der Waals surface area contributed by atoms with E-state index in [1.807, 2.05) is 0 Å². The second kappa shape index (κ2) is 5.39. The standard InChI is InChI=1S/C10H19I/c1-2-3-4-5-6-7-9-8-10(9)11/h9-10H,2-8H2,1H3. The Balaban J connectivity index is 1.74. The SMILES string of the molecule is CCCCCCCC1CC1I. The van der Waals surface area contributed by atoms with E-state index in [4.69, 9.17) is 0 Å². The van der Waals surface area contributed by atoms with Gasteiger partial charge in [-0.25, -0.2) is 0 Å². The maximum Gasteiger partial charge on any atom is 0.0141 e. The molecule has 0 amide bonds. The first-order valence-corrected chi connectivity index (χ1v) is 6.23. The lowest BCUT2D eigenvalue weighted by atomic mass is 10.1. The zero-order chi connectivity index (χ0) is 8.10. The van der Waals surface area contributed by atoms with Gasteiger partial charge in [0.1, 0.15) is 0 Å². The number of rotatable bonds is 6. The number of hydrogen-bond donors (Lipinski definition) is 0. The highest BCUT2D eigenvalue weighted by molar-refractivity contribution is 14.1. The van der Waals surface area contributed by atoms with Gasteiger partial charge in [-0.15, -0.1) is 0 Å². The zero-order valence-electron chi connectivity index (χ0n) is 7.48. The largest absolute Gasteiger partial charge is 0.0823 e. The fourth-order valence-corrected chi connectivity index (χ4v) is 2.53. The number of unbranched alkanes of at least 4 members (excludes halogenated alkanes) is 4. The third kappa shape index (κ3) is 4.34. The quantitative estimate of drug-likeness (QED) is 0.384. The summed E-state index contributed by atoms with van der Waals surface area (Å²) >= 11 is 2.58. The summed E-state index contributed by atoms with van der Waals surface area (Å²) in [6, 6.07) is 0. The fourth-order valence-electron chi connectivity index (χ4n) is 1.52. The van der Waals surface area contributed by atoms with Crippen molar-refractivity contribution in [3.8, 4) is 0 Å². The Hall–Kier alpha value is 0.730. The molecule has 66 valence electrons. The van der Waals surface area contributed by atoms with Crippen LogP contribution in [0.1, 0.15) is 51.9 Å². The summed E-state index contributed by atoms with van der Waals surface area (Å²) in [5.74, 6) is 1.11. The van der Waals surface area contributed by atoms with E-state index in [1.54, 1.807) is 0 Å². The molecule has 1 rings (SSSR count). The number of hydrogen-bond acceptors (Lipinski definition) is 0. The van der Waals surface area contributed by atoms with Crippen molar-refractivity contribution in [2.75, 3.05) is 0 Å². The minimum absolute atomic E-state index is 1.04. The lowest BCUT2D eigenvalue weighted by Gasteiger charge is -1.97. The molecule has 0 N–H and O–H groups in total. The molecule has 1 heteroatoms. The summed E-state index contributed by atoms with van der Waals surface area (Å²) in [5, 5.41) is 0. The van der Waals surface area contributed by atoms with Crippen LogP contribution in [0.25, 0.3) is 0 Å². The highest BCUT2D eigenvalue weighted by Crippen LogP contribution is 2.41. The minimum atomic E-state index is 1.04. The predicted molar refractivity (Wildman–Crippen MR) is 59.3 cm³/mol. The molecule has 1 aliphatic carbocycles. The molecule has 0 aromatic rings. The van der Waals surface area contributed by atoms with Crippen LogP contribution in [-0.2, 0) is 0 Å². The Morgan fingerprint density at radius 1 is 1.18 bits per heavy atom. The van der Waals surface area contributed by atoms with Crippen molar-refractivity contribution in [1.29, 1.82) is 0 Å². The van der Waals surface area contributed by atoms with Crippen LogP contribution in [-0.4, -0.2) is 3.92 Å². The van der Waals surface area contributed by atoms with Crippen molar-refractivity contribution in [2.45, 2.75) is 55.8 Å². The van der Waals surface area contributed by atoms with E-state index in [0.717, 1.165) is 9.84 Å². The van der Waals surface area contributed by atoms with Crippen molar-refractivity contribution >= 4 is 22.6 Å². The molecule has 0 aromatic heterocycles. The smallest absolute Gasteiger partial charge is 0.0141 e. The van der Waals surface area contributed by atoms with Gasteiger partial charge in [-0.05, 0) is 18.8 Å². The lowest BCUT2D eigenvalue weighted by molar-refractivity contribution is 0.582. The van der Waals surface area contributed by atoms with Crippen molar-refractivity contribution in [3.63, 3.8) is 0 Å². The molecule has 2 unspecified atom stereocenters. The maximum absolute atomic E-state index is 2.58. The molecular weight excluding hydrogens is 247 g/mol. The van der Waals surface area contributed by atoms with Gasteiger partial charge in [0.15, 0.2) is 0 Å². The Bertz CT molecular complexity index is 101. The maximum atomic E-state index is 2.58. The van der Waals surface area contributed by atoms with E-state index in [2.05, 4.69) is 29.5 Å². The molecule has 0 heterocycles. The van der Waals surface area contributed by atoms with Gasteiger partial charge in [0, 0.05) is 3.92 Å². The molecule has 1 aliphatic rings. The highest BCUT2D eigenvalue weighted by atomic mass is 127. The number of halogens is 1. The average Bonchev–Trinajstić information content (AvgIpc) is 2.67. The van der Waals surface area contributed by atoms with E-state index < -0.39 is 0 Å². The van der Waals surface area contributed by atoms with Gasteiger partial charge in [-0.1, -0.05) is 61.6 Å². The second-order valence-corrected chi connectivity index (χ2v) is 5.31. The van der Waals surface area contributed by atoms with Crippen molar-refractivity contribution in [3.05, 3.63) is 0 Å². The van der Waals surface area contributed by atoms with E-state index in [1.165, 1.54) is 44.9 Å². The molecule has 2 atom stereocenters. The molecule has 0 radical (unpaired) electrons. The monoisotopic (exact) mass is 266 g/mol. The van der Waals surface area contributed by atoms with Crippen molar-refractivity contribution in [2.24, 2.45) is 5.92 Å². The van der Waals surface area contributed by atoms with Gasteiger partial charge in [0.05, 0.1) is 0 Å². The third-order valence-corrected chi connectivity index (χ3v) is 4.04. The zero-order valence-corrected chi connectivity index (χ0v) is 9.64. The summed E-state index contributed by atoms with van der Waals surface area (Å²) in [7, 11) is 0. The topological polar surface area (TPSA) is 0 Å². The van der Waals surface area contributed by atoms with Gasteiger partial charge in [0.2, 0.25) is 0 Å². The van der Waals surface area contributed by atoms with Crippen molar-refractivity contribution in [1.82, 2.24) is 0 Å². The van der Waals surface area contributed by atoms with Crippen LogP contribution in [0.15, 0.2) is 0 Å². The van der Waals surface area contributed by atoms with Crippen LogP contribution in [0.5, 0.6) is 0 Å². The van der Waals surface area contributed by atoms with E-state index in [0.29, 0.717) is 0 Å². The van der Waals surface area contributed by atoms with Crippen molar-refractivity contribution < 1.29 is 0 Å². The third-order valence-electron chi connectivity index (χ3n) is 2.51. The van der Waals surface area contributed by atoms with Crippen LogP contribution in [0.4, 0.5) is 0 Å². The Kier molecular flexibility index (Phi) is 4.81. The average molecular weight is 266 g/mol. The molecule has 0 bridgehead atoms. The van der Waals surface area contributed by atoms with Gasteiger partial charge in [0.25, 0.3) is 0 Å². The fraction of sp³-hybridized carbons (Fsp3) is 1.00. The molecular formula is C10H19I. The molecule has 0 nitrogen and oxygen atoms in total. The van der Waals surface area contributed by atoms with E-state index >= 15 is 0 Å². The van der Waals surface area contributed by atoms with E-state index in [-0.39, 0.29) is 0 Å². The summed E-state index contributed by atoms with van der Waals surface area (Å²) in [5.41, 5.74) is 0. The summed E-state index contributed by atoms with van der Waals surface area (Å²) in [6.07, 6.45) is 10.3. The Morgan fingerprint density at radius 2 is 1.82 bits per heavy atom. The Morgan fingerprint density at radius 3 is 2.36 bits per heavy atom. The minimum Gasteiger partial charge on any atom is -0.0823 e. The first kappa shape index (κ1) is 9.82. The van der Waals surface area contributed by atoms with Crippen LogP contribution in [0, 0.1) is 5.92 Å². The number of alkyl halides is 1. The lowest BCUT2D eigenvalue weighted by Crippen LogP contribution is -1.82. The first-order valence-electron chi connectivity index (χ1n) is 4.98. The van der Waals surface area contributed by atoms with Gasteiger partial charge in [-0.3, -0.25) is 0 Å².